The van der Waals surface area contributed by atoms with Crippen LogP contribution in [0.1, 0.15) is 69.8 Å². The molecule has 0 spiro atoms. The molecule has 0 saturated carbocycles. The van der Waals surface area contributed by atoms with Gasteiger partial charge in [-0.25, -0.2) is 9.71 Å². The molecule has 1 amide bonds. The summed E-state index contributed by atoms with van der Waals surface area (Å²) in [6.45, 7) is 10.6. The molecule has 2 heterocycles. The Morgan fingerprint density at radius 3 is 2.43 bits per heavy atom. The maximum atomic E-state index is 13.4. The summed E-state index contributed by atoms with van der Waals surface area (Å²) in [5.74, 6) is -0.656. The molecule has 0 unspecified atom stereocenters. The number of nitrogens with zero attached hydrogens (tertiary/aromatic N) is 2. The number of carbonyl (C=O) groups excluding carboxylic acids is 1. The number of carbonyl (C=O) groups is 1. The predicted octanol–water partition coefficient (Wildman–Crippen LogP) is 4.21. The van der Waals surface area contributed by atoms with Crippen molar-refractivity contribution in [1.82, 2.24) is 14.7 Å². The Hall–Kier alpha value is -3.26. The highest BCUT2D eigenvalue weighted by atomic mass is 32.2. The maximum absolute atomic E-state index is 13.4. The van der Waals surface area contributed by atoms with Crippen LogP contribution in [0.4, 0.5) is 5.82 Å². The monoisotopic (exact) mass is 492 g/mol. The van der Waals surface area contributed by atoms with Crippen molar-refractivity contribution in [3.63, 3.8) is 0 Å². The molecule has 8 heteroatoms. The van der Waals surface area contributed by atoms with Crippen molar-refractivity contribution in [2.75, 3.05) is 5.73 Å². The highest BCUT2D eigenvalue weighted by Gasteiger charge is 2.30. The second-order valence-corrected chi connectivity index (χ2v) is 11.9. The number of benzene rings is 1. The summed E-state index contributed by atoms with van der Waals surface area (Å²) in [5.41, 5.74) is 13.1. The fourth-order valence-electron chi connectivity index (χ4n) is 4.82. The molecule has 0 fully saturated rings. The third-order valence-corrected chi connectivity index (χ3v) is 7.90. The molecule has 1 aromatic carbocycles. The van der Waals surface area contributed by atoms with Crippen molar-refractivity contribution in [3.05, 3.63) is 81.2 Å². The van der Waals surface area contributed by atoms with E-state index in [4.69, 9.17) is 10.7 Å². The number of pyridine rings is 2. The number of aromatic nitrogens is 2. The smallest absolute Gasteiger partial charge is 0.281 e. The van der Waals surface area contributed by atoms with Crippen LogP contribution in [0.15, 0.2) is 41.4 Å². The van der Waals surface area contributed by atoms with Crippen LogP contribution in [-0.4, -0.2) is 24.3 Å². The number of sulfonamides is 1. The fraction of sp³-hybridized carbons (Fsp3) is 0.370. The first-order chi connectivity index (χ1) is 16.3. The minimum atomic E-state index is -4.20. The van der Waals surface area contributed by atoms with E-state index in [2.05, 4.69) is 42.6 Å². The highest BCUT2D eigenvalue weighted by Crippen LogP contribution is 2.35. The Morgan fingerprint density at radius 1 is 1.09 bits per heavy atom. The van der Waals surface area contributed by atoms with Gasteiger partial charge in [0.05, 0.1) is 11.3 Å². The van der Waals surface area contributed by atoms with Gasteiger partial charge in [-0.15, -0.1) is 0 Å². The van der Waals surface area contributed by atoms with Gasteiger partial charge < -0.3 is 5.73 Å². The Balaban J connectivity index is 1.77. The van der Waals surface area contributed by atoms with E-state index in [0.717, 1.165) is 47.2 Å². The summed E-state index contributed by atoms with van der Waals surface area (Å²) in [6, 6.07) is 10.3. The van der Waals surface area contributed by atoms with Crippen LogP contribution in [0, 0.1) is 26.2 Å². The lowest BCUT2D eigenvalue weighted by Gasteiger charge is -2.31. The number of hydrogen-bond donors (Lipinski definition) is 2. The summed E-state index contributed by atoms with van der Waals surface area (Å²) < 4.78 is 28.0. The Kier molecular flexibility index (Phi) is 6.44. The van der Waals surface area contributed by atoms with Crippen molar-refractivity contribution < 1.29 is 13.2 Å². The van der Waals surface area contributed by atoms with E-state index >= 15 is 0 Å². The molecule has 1 aliphatic carbocycles. The number of hydrogen-bond acceptors (Lipinski definition) is 6. The van der Waals surface area contributed by atoms with E-state index in [1.54, 1.807) is 0 Å². The largest absolute Gasteiger partial charge is 0.384 e. The first-order valence-corrected chi connectivity index (χ1v) is 13.2. The van der Waals surface area contributed by atoms with Crippen LogP contribution in [-0.2, 0) is 29.3 Å². The van der Waals surface area contributed by atoms with Crippen LogP contribution in [0.3, 0.4) is 0 Å². The van der Waals surface area contributed by atoms with Gasteiger partial charge in [-0.2, -0.15) is 8.42 Å². The van der Waals surface area contributed by atoms with Crippen molar-refractivity contribution in [2.45, 2.75) is 65.3 Å². The number of rotatable bonds is 5. The standard InChI is InChI=1S/C27H32N4O3S/c1-16-11-17(2)20(18(3)12-16)14-22-21(13-19-9-10-27(4,5)15-23(19)29-22)26(32)31-35(33,34)25-8-6-7-24(28)30-25/h6-8,11-13H,9-10,14-15H2,1-5H3,(H2,28,30)(H,31,32). The van der Waals surface area contributed by atoms with Gasteiger partial charge >= 0.3 is 0 Å². The van der Waals surface area contributed by atoms with Crippen molar-refractivity contribution in [3.8, 4) is 0 Å². The maximum Gasteiger partial charge on any atom is 0.281 e. The lowest BCUT2D eigenvalue weighted by molar-refractivity contribution is 0.0980. The number of fused-ring (bicyclic) bond motifs is 1. The molecule has 0 aliphatic heterocycles. The zero-order valence-electron chi connectivity index (χ0n) is 20.9. The van der Waals surface area contributed by atoms with Crippen LogP contribution >= 0.6 is 0 Å². The fourth-order valence-corrected chi connectivity index (χ4v) is 5.76. The molecule has 184 valence electrons. The molecular formula is C27H32N4O3S. The summed E-state index contributed by atoms with van der Waals surface area (Å²) in [7, 11) is -4.20. The average Bonchev–Trinajstić information content (AvgIpc) is 2.74. The number of anilines is 1. The van der Waals surface area contributed by atoms with Crippen molar-refractivity contribution in [1.29, 1.82) is 0 Å². The number of nitrogen functional groups attached to an aromatic ring is 1. The Bertz CT molecular complexity index is 1410. The van der Waals surface area contributed by atoms with Crippen LogP contribution in [0.5, 0.6) is 0 Å². The molecule has 1 aliphatic rings. The molecular weight excluding hydrogens is 460 g/mol. The predicted molar refractivity (Wildman–Crippen MR) is 137 cm³/mol. The van der Waals surface area contributed by atoms with E-state index in [-0.39, 0.29) is 21.8 Å². The van der Waals surface area contributed by atoms with Crippen molar-refractivity contribution in [2.24, 2.45) is 5.41 Å². The lowest BCUT2D eigenvalue weighted by Crippen LogP contribution is -2.33. The molecule has 7 nitrogen and oxygen atoms in total. The number of aryl methyl sites for hydroxylation is 4. The summed E-state index contributed by atoms with van der Waals surface area (Å²) in [4.78, 5) is 22.2. The summed E-state index contributed by atoms with van der Waals surface area (Å²) in [6.07, 6.45) is 3.02. The minimum Gasteiger partial charge on any atom is -0.384 e. The summed E-state index contributed by atoms with van der Waals surface area (Å²) >= 11 is 0. The zero-order chi connectivity index (χ0) is 25.5. The van der Waals surface area contributed by atoms with Gasteiger partial charge in [-0.1, -0.05) is 37.6 Å². The van der Waals surface area contributed by atoms with Gasteiger partial charge in [0.2, 0.25) is 0 Å². The highest BCUT2D eigenvalue weighted by molar-refractivity contribution is 7.90. The van der Waals surface area contributed by atoms with Gasteiger partial charge in [0, 0.05) is 12.1 Å². The third-order valence-electron chi connectivity index (χ3n) is 6.66. The van der Waals surface area contributed by atoms with E-state index < -0.39 is 15.9 Å². The van der Waals surface area contributed by atoms with Gasteiger partial charge in [0.25, 0.3) is 15.9 Å². The Labute approximate surface area is 207 Å². The number of nitrogens with one attached hydrogen (secondary N) is 1. The first-order valence-electron chi connectivity index (χ1n) is 11.7. The second-order valence-electron chi connectivity index (χ2n) is 10.3. The molecule has 0 saturated heterocycles. The minimum absolute atomic E-state index is 0.0596. The second kappa shape index (κ2) is 9.07. The van der Waals surface area contributed by atoms with Crippen LogP contribution in [0.2, 0.25) is 0 Å². The van der Waals surface area contributed by atoms with E-state index in [0.29, 0.717) is 12.1 Å². The topological polar surface area (TPSA) is 115 Å². The molecule has 3 aromatic rings. The molecule has 0 atom stereocenters. The summed E-state index contributed by atoms with van der Waals surface area (Å²) in [5, 5.41) is -0.301. The zero-order valence-corrected chi connectivity index (χ0v) is 21.7. The number of nitrogens with two attached hydrogens (primary N) is 1. The molecule has 3 N–H and O–H groups in total. The Morgan fingerprint density at radius 2 is 1.77 bits per heavy atom. The van der Waals surface area contributed by atoms with E-state index in [1.165, 1.54) is 23.8 Å². The van der Waals surface area contributed by atoms with Gasteiger partial charge in [0.15, 0.2) is 5.03 Å². The average molecular weight is 493 g/mol. The first kappa shape index (κ1) is 24.9. The lowest BCUT2D eigenvalue weighted by atomic mass is 9.76. The SMILES string of the molecule is Cc1cc(C)c(Cc2nc3c(cc2C(=O)NS(=O)(=O)c2cccc(N)n2)CCC(C)(C)C3)c(C)c1. The molecule has 4 rings (SSSR count). The van der Waals surface area contributed by atoms with Crippen molar-refractivity contribution >= 4 is 21.7 Å². The number of amides is 1. The molecule has 0 radical (unpaired) electrons. The normalized spacial score (nSPS) is 14.9. The van der Waals surface area contributed by atoms with Gasteiger partial charge in [-0.05, 0) is 85.9 Å². The van der Waals surface area contributed by atoms with Gasteiger partial charge in [-0.3, -0.25) is 9.78 Å². The van der Waals surface area contributed by atoms with Gasteiger partial charge in [0.1, 0.15) is 5.82 Å². The third kappa shape index (κ3) is 5.37. The van der Waals surface area contributed by atoms with E-state index in [9.17, 15) is 13.2 Å². The molecule has 0 bridgehead atoms. The van der Waals surface area contributed by atoms with E-state index in [1.807, 2.05) is 19.9 Å². The molecule has 2 aromatic heterocycles. The quantitative estimate of drug-likeness (QED) is 0.551. The molecule has 35 heavy (non-hydrogen) atoms. The van der Waals surface area contributed by atoms with Crippen LogP contribution < -0.4 is 10.5 Å². The van der Waals surface area contributed by atoms with Crippen LogP contribution in [0.25, 0.3) is 0 Å².